The predicted molar refractivity (Wildman–Crippen MR) is 90.4 cm³/mol. The number of aryl methyl sites for hydroxylation is 1. The Morgan fingerprint density at radius 2 is 2.09 bits per heavy atom. The van der Waals surface area contributed by atoms with Crippen molar-refractivity contribution in [1.29, 1.82) is 0 Å². The summed E-state index contributed by atoms with van der Waals surface area (Å²) in [4.78, 5) is 25.2. The van der Waals surface area contributed by atoms with Crippen LogP contribution in [-0.2, 0) is 9.59 Å². The van der Waals surface area contributed by atoms with Crippen molar-refractivity contribution in [2.45, 2.75) is 51.9 Å². The number of amides is 1. The molecule has 1 aromatic carbocycles. The molecule has 1 aliphatic rings. The van der Waals surface area contributed by atoms with Crippen LogP contribution in [0.4, 0.5) is 0 Å². The standard InChI is InChI=1S/C19H27NO3/c1-14-6-3-4-8-17(14)15(2)12-18(21)20-11-5-7-16(13-20)9-10-19(22)23/h3-4,6,8,15-16H,5,7,9-13H2,1-2H3,(H,22,23)/t15-,16+/m0/s1. The van der Waals surface area contributed by atoms with Crippen LogP contribution < -0.4 is 0 Å². The van der Waals surface area contributed by atoms with Crippen LogP contribution in [0.15, 0.2) is 24.3 Å². The number of likely N-dealkylation sites (tertiary alicyclic amines) is 1. The molecule has 23 heavy (non-hydrogen) atoms. The second kappa shape index (κ2) is 8.14. The van der Waals surface area contributed by atoms with Gasteiger partial charge in [0.2, 0.25) is 5.91 Å². The Balaban J connectivity index is 1.89. The zero-order chi connectivity index (χ0) is 16.8. The lowest BCUT2D eigenvalue weighted by Gasteiger charge is -2.33. The molecular weight excluding hydrogens is 290 g/mol. The molecule has 0 saturated carbocycles. The van der Waals surface area contributed by atoms with Crippen molar-refractivity contribution in [2.24, 2.45) is 5.92 Å². The van der Waals surface area contributed by atoms with E-state index in [2.05, 4.69) is 26.0 Å². The minimum absolute atomic E-state index is 0.195. The van der Waals surface area contributed by atoms with Crippen molar-refractivity contribution in [3.8, 4) is 0 Å². The molecule has 2 atom stereocenters. The topological polar surface area (TPSA) is 57.6 Å². The van der Waals surface area contributed by atoms with E-state index >= 15 is 0 Å². The SMILES string of the molecule is Cc1ccccc1[C@@H](C)CC(=O)N1CCC[C@H](CCC(=O)O)C1. The van der Waals surface area contributed by atoms with E-state index in [1.807, 2.05) is 17.0 Å². The van der Waals surface area contributed by atoms with Crippen molar-refractivity contribution < 1.29 is 14.7 Å². The summed E-state index contributed by atoms with van der Waals surface area (Å²) in [7, 11) is 0. The number of nitrogens with zero attached hydrogens (tertiary/aromatic N) is 1. The zero-order valence-electron chi connectivity index (χ0n) is 14.1. The smallest absolute Gasteiger partial charge is 0.303 e. The van der Waals surface area contributed by atoms with Gasteiger partial charge in [-0.25, -0.2) is 0 Å². The van der Waals surface area contributed by atoms with Gasteiger partial charge in [0.15, 0.2) is 0 Å². The van der Waals surface area contributed by atoms with Crippen molar-refractivity contribution in [3.05, 3.63) is 35.4 Å². The molecule has 0 radical (unpaired) electrons. The summed E-state index contributed by atoms with van der Waals surface area (Å²) < 4.78 is 0. The predicted octanol–water partition coefficient (Wildman–Crippen LogP) is 3.59. The van der Waals surface area contributed by atoms with E-state index in [0.29, 0.717) is 25.3 Å². The van der Waals surface area contributed by atoms with Crippen molar-refractivity contribution >= 4 is 11.9 Å². The molecule has 1 aliphatic heterocycles. The number of benzene rings is 1. The number of piperidine rings is 1. The molecule has 0 unspecified atom stereocenters. The number of hydrogen-bond donors (Lipinski definition) is 1. The molecule has 1 fully saturated rings. The van der Waals surface area contributed by atoms with Crippen LogP contribution in [0.1, 0.15) is 56.1 Å². The van der Waals surface area contributed by atoms with Gasteiger partial charge in [0.05, 0.1) is 0 Å². The fourth-order valence-corrected chi connectivity index (χ4v) is 3.50. The first-order valence-electron chi connectivity index (χ1n) is 8.52. The Labute approximate surface area is 138 Å². The fraction of sp³-hybridized carbons (Fsp3) is 0.579. The van der Waals surface area contributed by atoms with Crippen LogP contribution in [0.2, 0.25) is 0 Å². The number of carboxylic acid groups (broad SMARTS) is 1. The molecule has 4 nitrogen and oxygen atoms in total. The monoisotopic (exact) mass is 317 g/mol. The van der Waals surface area contributed by atoms with E-state index in [4.69, 9.17) is 5.11 Å². The molecule has 0 aromatic heterocycles. The highest BCUT2D eigenvalue weighted by Crippen LogP contribution is 2.26. The summed E-state index contributed by atoms with van der Waals surface area (Å²) in [5, 5.41) is 8.81. The minimum Gasteiger partial charge on any atom is -0.481 e. The molecule has 1 heterocycles. The Morgan fingerprint density at radius 1 is 1.35 bits per heavy atom. The van der Waals surface area contributed by atoms with Gasteiger partial charge in [-0.2, -0.15) is 0 Å². The summed E-state index contributed by atoms with van der Waals surface area (Å²) in [6.45, 7) is 5.71. The van der Waals surface area contributed by atoms with Gasteiger partial charge in [0.25, 0.3) is 0 Å². The maximum atomic E-state index is 12.6. The minimum atomic E-state index is -0.748. The summed E-state index contributed by atoms with van der Waals surface area (Å²) in [5.74, 6) is -0.0110. The van der Waals surface area contributed by atoms with E-state index < -0.39 is 5.97 Å². The van der Waals surface area contributed by atoms with E-state index in [-0.39, 0.29) is 18.2 Å². The zero-order valence-corrected chi connectivity index (χ0v) is 14.1. The lowest BCUT2D eigenvalue weighted by molar-refractivity contribution is -0.137. The first kappa shape index (κ1) is 17.5. The Bertz CT molecular complexity index is 555. The van der Waals surface area contributed by atoms with Gasteiger partial charge in [-0.05, 0) is 49.1 Å². The van der Waals surface area contributed by atoms with Crippen LogP contribution in [0.3, 0.4) is 0 Å². The van der Waals surface area contributed by atoms with Crippen molar-refractivity contribution in [2.75, 3.05) is 13.1 Å². The Morgan fingerprint density at radius 3 is 2.78 bits per heavy atom. The number of carboxylic acids is 1. The Kier molecular flexibility index (Phi) is 6.20. The maximum Gasteiger partial charge on any atom is 0.303 e. The van der Waals surface area contributed by atoms with E-state index in [9.17, 15) is 9.59 Å². The summed E-state index contributed by atoms with van der Waals surface area (Å²) in [6, 6.07) is 8.22. The van der Waals surface area contributed by atoms with Crippen LogP contribution in [0, 0.1) is 12.8 Å². The quantitative estimate of drug-likeness (QED) is 0.872. The highest BCUT2D eigenvalue weighted by atomic mass is 16.4. The number of rotatable bonds is 6. The highest BCUT2D eigenvalue weighted by Gasteiger charge is 2.25. The van der Waals surface area contributed by atoms with Crippen molar-refractivity contribution in [3.63, 3.8) is 0 Å². The third-order valence-electron chi connectivity index (χ3n) is 4.84. The average Bonchev–Trinajstić information content (AvgIpc) is 2.53. The molecule has 1 aromatic rings. The molecule has 0 spiro atoms. The van der Waals surface area contributed by atoms with Crippen LogP contribution >= 0.6 is 0 Å². The lowest BCUT2D eigenvalue weighted by Crippen LogP contribution is -2.40. The summed E-state index contributed by atoms with van der Waals surface area (Å²) in [5.41, 5.74) is 2.46. The van der Waals surface area contributed by atoms with Gasteiger partial charge in [0.1, 0.15) is 0 Å². The number of hydrogen-bond acceptors (Lipinski definition) is 2. The molecular formula is C19H27NO3. The van der Waals surface area contributed by atoms with Gasteiger partial charge in [-0.1, -0.05) is 31.2 Å². The molecule has 0 aliphatic carbocycles. The average molecular weight is 317 g/mol. The largest absolute Gasteiger partial charge is 0.481 e. The van der Waals surface area contributed by atoms with E-state index in [0.717, 1.165) is 19.4 Å². The van der Waals surface area contributed by atoms with E-state index in [1.54, 1.807) is 0 Å². The normalized spacial score (nSPS) is 19.4. The van der Waals surface area contributed by atoms with E-state index in [1.165, 1.54) is 11.1 Å². The number of aliphatic carboxylic acids is 1. The third-order valence-corrected chi connectivity index (χ3v) is 4.84. The molecule has 4 heteroatoms. The molecule has 1 saturated heterocycles. The molecule has 1 N–H and O–H groups in total. The lowest BCUT2D eigenvalue weighted by atomic mass is 9.91. The van der Waals surface area contributed by atoms with Crippen LogP contribution in [0.25, 0.3) is 0 Å². The Hall–Kier alpha value is -1.84. The van der Waals surface area contributed by atoms with Gasteiger partial charge < -0.3 is 10.0 Å². The summed E-state index contributed by atoms with van der Waals surface area (Å²) in [6.07, 6.45) is 3.41. The fourth-order valence-electron chi connectivity index (χ4n) is 3.50. The maximum absolute atomic E-state index is 12.6. The van der Waals surface area contributed by atoms with Crippen LogP contribution in [0.5, 0.6) is 0 Å². The molecule has 1 amide bonds. The van der Waals surface area contributed by atoms with Gasteiger partial charge >= 0.3 is 5.97 Å². The molecule has 126 valence electrons. The van der Waals surface area contributed by atoms with Crippen molar-refractivity contribution in [1.82, 2.24) is 4.90 Å². The number of carbonyl (C=O) groups is 2. The molecule has 2 rings (SSSR count). The first-order valence-corrected chi connectivity index (χ1v) is 8.52. The molecule has 0 bridgehead atoms. The number of carbonyl (C=O) groups excluding carboxylic acids is 1. The highest BCUT2D eigenvalue weighted by molar-refractivity contribution is 5.77. The van der Waals surface area contributed by atoms with Gasteiger partial charge in [0, 0.05) is 25.9 Å². The second-order valence-electron chi connectivity index (χ2n) is 6.74. The van der Waals surface area contributed by atoms with Crippen LogP contribution in [-0.4, -0.2) is 35.0 Å². The summed E-state index contributed by atoms with van der Waals surface area (Å²) >= 11 is 0. The van der Waals surface area contributed by atoms with Gasteiger partial charge in [-0.3, -0.25) is 9.59 Å². The first-order chi connectivity index (χ1) is 11.0. The van der Waals surface area contributed by atoms with Gasteiger partial charge in [-0.15, -0.1) is 0 Å². The third kappa shape index (κ3) is 5.08. The second-order valence-corrected chi connectivity index (χ2v) is 6.74.